The quantitative estimate of drug-likeness (QED) is 0.406. The molecule has 0 saturated carbocycles. The van der Waals surface area contributed by atoms with Gasteiger partial charge >= 0.3 is 0 Å². The van der Waals surface area contributed by atoms with Gasteiger partial charge in [-0.1, -0.05) is 0 Å². The molecular formula is C4H10N2O2S. The van der Waals surface area contributed by atoms with E-state index in [-0.39, 0.29) is 11.6 Å². The number of hydrogen-bond donors (Lipinski definition) is 1. The standard InChI is InChI=1S/C4H10N2O2S/c1-6-4(5)3-9(2,7)8/h3H2,1-2H3,(H2,5,6). The predicted octanol–water partition coefficient (Wildman–Crippen LogP) is -0.982. The summed E-state index contributed by atoms with van der Waals surface area (Å²) in [6.45, 7) is 0. The third-order valence-electron chi connectivity index (χ3n) is 0.697. The first-order valence-electron chi connectivity index (χ1n) is 2.34. The van der Waals surface area contributed by atoms with Crippen LogP contribution in [0.5, 0.6) is 0 Å². The number of amidine groups is 1. The molecule has 54 valence electrons. The summed E-state index contributed by atoms with van der Waals surface area (Å²) in [7, 11) is -1.53. The van der Waals surface area contributed by atoms with E-state index in [9.17, 15) is 8.42 Å². The Labute approximate surface area is 54.7 Å². The van der Waals surface area contributed by atoms with E-state index in [1.54, 1.807) is 0 Å². The molecule has 0 saturated heterocycles. The smallest absolute Gasteiger partial charge is 0.154 e. The van der Waals surface area contributed by atoms with Crippen molar-refractivity contribution in [3.63, 3.8) is 0 Å². The largest absolute Gasteiger partial charge is 0.387 e. The lowest BCUT2D eigenvalue weighted by molar-refractivity contribution is 0.605. The van der Waals surface area contributed by atoms with Crippen molar-refractivity contribution in [1.82, 2.24) is 0 Å². The minimum absolute atomic E-state index is 0.149. The highest BCUT2D eigenvalue weighted by atomic mass is 32.2. The number of aliphatic imine (C=N–C) groups is 1. The van der Waals surface area contributed by atoms with Crippen LogP contribution in [0, 0.1) is 0 Å². The van der Waals surface area contributed by atoms with Gasteiger partial charge in [0, 0.05) is 13.3 Å². The monoisotopic (exact) mass is 150 g/mol. The molecule has 9 heavy (non-hydrogen) atoms. The van der Waals surface area contributed by atoms with E-state index in [1.807, 2.05) is 0 Å². The van der Waals surface area contributed by atoms with Crippen LogP contribution in [-0.4, -0.2) is 33.3 Å². The summed E-state index contributed by atoms with van der Waals surface area (Å²) in [6.07, 6.45) is 1.12. The number of nitrogens with zero attached hydrogens (tertiary/aromatic N) is 1. The second-order valence-electron chi connectivity index (χ2n) is 1.79. The van der Waals surface area contributed by atoms with Crippen LogP contribution in [0.1, 0.15) is 0 Å². The third-order valence-corrected chi connectivity index (χ3v) is 1.52. The van der Waals surface area contributed by atoms with Gasteiger partial charge in [-0.3, -0.25) is 4.99 Å². The normalized spacial score (nSPS) is 13.8. The molecule has 0 aromatic rings. The van der Waals surface area contributed by atoms with Gasteiger partial charge in [0.1, 0.15) is 11.6 Å². The molecule has 0 aliphatic rings. The fraction of sp³-hybridized carbons (Fsp3) is 0.750. The summed E-state index contributed by atoms with van der Waals surface area (Å²) < 4.78 is 20.9. The molecule has 5 heteroatoms. The highest BCUT2D eigenvalue weighted by molar-refractivity contribution is 7.91. The van der Waals surface area contributed by atoms with Crippen molar-refractivity contribution in [1.29, 1.82) is 0 Å². The van der Waals surface area contributed by atoms with Crippen molar-refractivity contribution in [3.8, 4) is 0 Å². The van der Waals surface area contributed by atoms with E-state index in [0.29, 0.717) is 0 Å². The van der Waals surface area contributed by atoms with E-state index in [4.69, 9.17) is 5.73 Å². The minimum Gasteiger partial charge on any atom is -0.387 e. The Hall–Kier alpha value is -0.580. The van der Waals surface area contributed by atoms with Crippen LogP contribution in [-0.2, 0) is 9.84 Å². The fourth-order valence-electron chi connectivity index (χ4n) is 0.333. The van der Waals surface area contributed by atoms with E-state index in [2.05, 4.69) is 4.99 Å². The number of rotatable bonds is 2. The Balaban J connectivity index is 4.07. The predicted molar refractivity (Wildman–Crippen MR) is 37.3 cm³/mol. The molecule has 0 fully saturated rings. The fourth-order valence-corrected chi connectivity index (χ4v) is 1.000. The highest BCUT2D eigenvalue weighted by Crippen LogP contribution is 1.80. The Kier molecular flexibility index (Phi) is 2.64. The average molecular weight is 150 g/mol. The van der Waals surface area contributed by atoms with Gasteiger partial charge in [-0.2, -0.15) is 0 Å². The number of hydrogen-bond acceptors (Lipinski definition) is 3. The molecule has 0 unspecified atom stereocenters. The summed E-state index contributed by atoms with van der Waals surface area (Å²) in [5, 5.41) is 0. The maximum atomic E-state index is 10.4. The minimum atomic E-state index is -2.99. The van der Waals surface area contributed by atoms with Crippen LogP contribution in [0.4, 0.5) is 0 Å². The zero-order valence-electron chi connectivity index (χ0n) is 5.46. The van der Waals surface area contributed by atoms with Gasteiger partial charge in [-0.15, -0.1) is 0 Å². The lowest BCUT2D eigenvalue weighted by atomic mass is 10.7. The molecule has 0 aliphatic heterocycles. The van der Waals surface area contributed by atoms with Gasteiger partial charge in [0.15, 0.2) is 9.84 Å². The number of sulfone groups is 1. The maximum absolute atomic E-state index is 10.4. The van der Waals surface area contributed by atoms with Crippen molar-refractivity contribution >= 4 is 15.7 Å². The Bertz CT molecular complexity index is 205. The SMILES string of the molecule is CN=C(N)CS(C)(=O)=O. The average Bonchev–Trinajstić information content (AvgIpc) is 1.62. The Morgan fingerprint density at radius 2 is 2.11 bits per heavy atom. The van der Waals surface area contributed by atoms with Crippen LogP contribution in [0.15, 0.2) is 4.99 Å². The van der Waals surface area contributed by atoms with E-state index >= 15 is 0 Å². The maximum Gasteiger partial charge on any atom is 0.154 e. The highest BCUT2D eigenvalue weighted by Gasteiger charge is 2.02. The van der Waals surface area contributed by atoms with Crippen molar-refractivity contribution in [2.45, 2.75) is 0 Å². The molecule has 0 rings (SSSR count). The third kappa shape index (κ3) is 5.29. The number of nitrogens with two attached hydrogens (primary N) is 1. The summed E-state index contributed by atoms with van der Waals surface area (Å²) in [5.74, 6) is 0.00116. The first-order valence-corrected chi connectivity index (χ1v) is 4.40. The lowest BCUT2D eigenvalue weighted by Gasteiger charge is -1.93. The van der Waals surface area contributed by atoms with E-state index in [0.717, 1.165) is 6.26 Å². The molecule has 0 aromatic heterocycles. The van der Waals surface area contributed by atoms with Gasteiger partial charge in [-0.25, -0.2) is 8.42 Å². The molecule has 2 N–H and O–H groups in total. The molecule has 0 spiro atoms. The molecule has 0 aliphatic carbocycles. The van der Waals surface area contributed by atoms with Gasteiger partial charge in [0.05, 0.1) is 0 Å². The zero-order valence-corrected chi connectivity index (χ0v) is 6.27. The van der Waals surface area contributed by atoms with Gasteiger partial charge in [0.2, 0.25) is 0 Å². The Morgan fingerprint density at radius 3 is 2.22 bits per heavy atom. The first kappa shape index (κ1) is 8.42. The molecular weight excluding hydrogens is 140 g/mol. The van der Waals surface area contributed by atoms with E-state index < -0.39 is 9.84 Å². The molecule has 0 amide bonds. The van der Waals surface area contributed by atoms with Crippen molar-refractivity contribution in [3.05, 3.63) is 0 Å². The lowest BCUT2D eigenvalue weighted by Crippen LogP contribution is -2.22. The van der Waals surface area contributed by atoms with Crippen molar-refractivity contribution in [2.75, 3.05) is 19.1 Å². The summed E-state index contributed by atoms with van der Waals surface area (Å²) in [4.78, 5) is 3.49. The van der Waals surface area contributed by atoms with Gasteiger partial charge in [-0.05, 0) is 0 Å². The van der Waals surface area contributed by atoms with Crippen LogP contribution >= 0.6 is 0 Å². The summed E-state index contributed by atoms with van der Waals surface area (Å²) >= 11 is 0. The second kappa shape index (κ2) is 2.82. The first-order chi connectivity index (χ1) is 3.95. The van der Waals surface area contributed by atoms with Crippen LogP contribution in [0.2, 0.25) is 0 Å². The van der Waals surface area contributed by atoms with Crippen molar-refractivity contribution in [2.24, 2.45) is 10.7 Å². The zero-order chi connectivity index (χ0) is 7.49. The van der Waals surface area contributed by atoms with Gasteiger partial charge < -0.3 is 5.73 Å². The van der Waals surface area contributed by atoms with Gasteiger partial charge in [0.25, 0.3) is 0 Å². The summed E-state index contributed by atoms with van der Waals surface area (Å²) in [6, 6.07) is 0. The molecule has 0 aromatic carbocycles. The van der Waals surface area contributed by atoms with Crippen LogP contribution in [0.25, 0.3) is 0 Å². The second-order valence-corrected chi connectivity index (χ2v) is 3.93. The topological polar surface area (TPSA) is 72.5 Å². The van der Waals surface area contributed by atoms with Crippen molar-refractivity contribution < 1.29 is 8.42 Å². The molecule has 4 nitrogen and oxygen atoms in total. The molecule has 0 heterocycles. The van der Waals surface area contributed by atoms with Crippen LogP contribution in [0.3, 0.4) is 0 Å². The molecule has 0 bridgehead atoms. The Morgan fingerprint density at radius 1 is 1.67 bits per heavy atom. The molecule has 0 atom stereocenters. The summed E-state index contributed by atoms with van der Waals surface area (Å²) in [5.41, 5.74) is 5.13. The molecule has 0 radical (unpaired) electrons. The van der Waals surface area contributed by atoms with Crippen LogP contribution < -0.4 is 5.73 Å². The van der Waals surface area contributed by atoms with E-state index in [1.165, 1.54) is 7.05 Å².